The van der Waals surface area contributed by atoms with Crippen LogP contribution in [0, 0.1) is 0 Å². The molecule has 0 aromatic rings. The molecule has 5 heteroatoms. The molecule has 0 bridgehead atoms. The van der Waals surface area contributed by atoms with Crippen LogP contribution >= 0.6 is 0 Å². The van der Waals surface area contributed by atoms with Crippen molar-refractivity contribution < 1.29 is 4.74 Å². The van der Waals surface area contributed by atoms with Crippen molar-refractivity contribution in [1.82, 2.24) is 15.1 Å². The van der Waals surface area contributed by atoms with Gasteiger partial charge in [0.25, 0.3) is 0 Å². The van der Waals surface area contributed by atoms with Crippen LogP contribution < -0.4 is 5.32 Å². The van der Waals surface area contributed by atoms with Gasteiger partial charge in [0.1, 0.15) is 0 Å². The van der Waals surface area contributed by atoms with E-state index in [0.717, 1.165) is 51.5 Å². The van der Waals surface area contributed by atoms with Crippen LogP contribution in [0.4, 0.5) is 0 Å². The summed E-state index contributed by atoms with van der Waals surface area (Å²) in [5.74, 6) is 0.925. The third-order valence-electron chi connectivity index (χ3n) is 3.26. The lowest BCUT2D eigenvalue weighted by Gasteiger charge is -2.25. The Morgan fingerprint density at radius 2 is 2.05 bits per heavy atom. The zero-order valence-corrected chi connectivity index (χ0v) is 14.6. The minimum Gasteiger partial charge on any atom is -0.377 e. The second-order valence-electron chi connectivity index (χ2n) is 5.45. The van der Waals surface area contributed by atoms with E-state index in [-0.39, 0.29) is 6.10 Å². The minimum absolute atomic E-state index is 0.218. The number of rotatable bonds is 11. The largest absolute Gasteiger partial charge is 0.377 e. The summed E-state index contributed by atoms with van der Waals surface area (Å²) in [7, 11) is 8.06. The SMILES string of the molecule is C=CCCCN(C)C(=NC)NCC(CCN(C)C)OCC. The third kappa shape index (κ3) is 10.3. The number of guanidine groups is 1. The van der Waals surface area contributed by atoms with Crippen molar-refractivity contribution in [3.63, 3.8) is 0 Å². The molecule has 1 N–H and O–H groups in total. The van der Waals surface area contributed by atoms with Gasteiger partial charge >= 0.3 is 0 Å². The first kappa shape index (κ1) is 19.9. The van der Waals surface area contributed by atoms with Gasteiger partial charge in [-0.2, -0.15) is 0 Å². The lowest BCUT2D eigenvalue weighted by molar-refractivity contribution is 0.0545. The Morgan fingerprint density at radius 1 is 1.33 bits per heavy atom. The Labute approximate surface area is 131 Å². The number of hydrogen-bond acceptors (Lipinski definition) is 3. The molecule has 0 fully saturated rings. The van der Waals surface area contributed by atoms with E-state index >= 15 is 0 Å². The average Bonchev–Trinajstić information content (AvgIpc) is 2.45. The molecule has 0 aliphatic carbocycles. The van der Waals surface area contributed by atoms with Crippen molar-refractivity contribution in [1.29, 1.82) is 0 Å². The molecule has 0 aromatic carbocycles. The van der Waals surface area contributed by atoms with Gasteiger partial charge in [0.05, 0.1) is 6.10 Å². The maximum Gasteiger partial charge on any atom is 0.193 e. The topological polar surface area (TPSA) is 40.1 Å². The van der Waals surface area contributed by atoms with E-state index in [1.165, 1.54) is 0 Å². The zero-order chi connectivity index (χ0) is 16.1. The normalized spacial score (nSPS) is 13.3. The molecule has 0 heterocycles. The van der Waals surface area contributed by atoms with Crippen LogP contribution in [0.1, 0.15) is 26.2 Å². The zero-order valence-electron chi connectivity index (χ0n) is 14.6. The van der Waals surface area contributed by atoms with Gasteiger partial charge in [0.2, 0.25) is 0 Å². The fourth-order valence-corrected chi connectivity index (χ4v) is 2.05. The van der Waals surface area contributed by atoms with Crippen molar-refractivity contribution in [2.24, 2.45) is 4.99 Å². The Balaban J connectivity index is 4.22. The summed E-state index contributed by atoms with van der Waals surface area (Å²) in [5.41, 5.74) is 0. The first-order valence-corrected chi connectivity index (χ1v) is 7.84. The van der Waals surface area contributed by atoms with Crippen LogP contribution in [0.3, 0.4) is 0 Å². The van der Waals surface area contributed by atoms with E-state index in [9.17, 15) is 0 Å². The lowest BCUT2D eigenvalue weighted by atomic mass is 10.2. The van der Waals surface area contributed by atoms with Crippen molar-refractivity contribution in [2.45, 2.75) is 32.3 Å². The van der Waals surface area contributed by atoms with Gasteiger partial charge in [-0.05, 0) is 40.3 Å². The predicted molar refractivity (Wildman–Crippen MR) is 92.0 cm³/mol. The summed E-state index contributed by atoms with van der Waals surface area (Å²) in [6.45, 7) is 9.33. The second-order valence-corrected chi connectivity index (χ2v) is 5.45. The van der Waals surface area contributed by atoms with E-state index in [1.807, 2.05) is 20.0 Å². The molecule has 0 saturated carbocycles. The van der Waals surface area contributed by atoms with Crippen LogP contribution in [0.25, 0.3) is 0 Å². The molecule has 1 atom stereocenters. The summed E-state index contributed by atoms with van der Waals surface area (Å²) >= 11 is 0. The summed E-state index contributed by atoms with van der Waals surface area (Å²) < 4.78 is 5.79. The summed E-state index contributed by atoms with van der Waals surface area (Å²) in [4.78, 5) is 8.67. The van der Waals surface area contributed by atoms with Crippen molar-refractivity contribution in [2.75, 3.05) is 54.4 Å². The molecule has 0 spiro atoms. The van der Waals surface area contributed by atoms with Crippen LogP contribution in [0.15, 0.2) is 17.6 Å². The number of aliphatic imine (C=N–C) groups is 1. The van der Waals surface area contributed by atoms with E-state index < -0.39 is 0 Å². The molecule has 0 radical (unpaired) electrons. The molecule has 5 nitrogen and oxygen atoms in total. The average molecular weight is 298 g/mol. The highest BCUT2D eigenvalue weighted by Gasteiger charge is 2.11. The molecule has 0 aliphatic heterocycles. The highest BCUT2D eigenvalue weighted by molar-refractivity contribution is 5.79. The molecule has 21 heavy (non-hydrogen) atoms. The van der Waals surface area contributed by atoms with E-state index in [4.69, 9.17) is 4.74 Å². The van der Waals surface area contributed by atoms with Gasteiger partial charge in [0, 0.05) is 40.3 Å². The van der Waals surface area contributed by atoms with E-state index in [0.29, 0.717) is 0 Å². The Bertz CT molecular complexity index is 292. The maximum atomic E-state index is 5.79. The van der Waals surface area contributed by atoms with Crippen LogP contribution in [0.5, 0.6) is 0 Å². The first-order chi connectivity index (χ1) is 10.0. The summed E-state index contributed by atoms with van der Waals surface area (Å²) in [6.07, 6.45) is 5.32. The Morgan fingerprint density at radius 3 is 2.57 bits per heavy atom. The number of unbranched alkanes of at least 4 members (excludes halogenated alkanes) is 1. The number of ether oxygens (including phenoxy) is 1. The van der Waals surface area contributed by atoms with Crippen molar-refractivity contribution in [3.05, 3.63) is 12.7 Å². The van der Waals surface area contributed by atoms with Gasteiger partial charge in [-0.15, -0.1) is 6.58 Å². The maximum absolute atomic E-state index is 5.79. The number of allylic oxidation sites excluding steroid dienone is 1. The third-order valence-corrected chi connectivity index (χ3v) is 3.26. The smallest absolute Gasteiger partial charge is 0.193 e. The molecule has 0 amide bonds. The Hall–Kier alpha value is -1.07. The molecule has 1 unspecified atom stereocenters. The quantitative estimate of drug-likeness (QED) is 0.273. The van der Waals surface area contributed by atoms with Gasteiger partial charge in [-0.3, -0.25) is 4.99 Å². The van der Waals surface area contributed by atoms with Crippen LogP contribution in [-0.4, -0.2) is 76.3 Å². The monoisotopic (exact) mass is 298 g/mol. The standard InChI is InChI=1S/C16H34N4O/c1-7-9-10-12-20(6)16(17-3)18-14-15(21-8-2)11-13-19(4)5/h7,15H,1,8-14H2,2-6H3,(H,17,18). The fraction of sp³-hybridized carbons (Fsp3) is 0.812. The molecular formula is C16H34N4O. The molecule has 0 aliphatic rings. The van der Waals surface area contributed by atoms with Crippen LogP contribution in [-0.2, 0) is 4.74 Å². The number of nitrogens with one attached hydrogen (secondary N) is 1. The van der Waals surface area contributed by atoms with Crippen molar-refractivity contribution >= 4 is 5.96 Å². The van der Waals surface area contributed by atoms with E-state index in [2.05, 4.69) is 47.8 Å². The van der Waals surface area contributed by atoms with Gasteiger partial charge in [0.15, 0.2) is 5.96 Å². The van der Waals surface area contributed by atoms with Gasteiger partial charge in [-0.1, -0.05) is 6.08 Å². The summed E-state index contributed by atoms with van der Waals surface area (Å²) in [6, 6.07) is 0. The lowest BCUT2D eigenvalue weighted by Crippen LogP contribution is -2.43. The minimum atomic E-state index is 0.218. The number of nitrogens with zero attached hydrogens (tertiary/aromatic N) is 3. The van der Waals surface area contributed by atoms with Crippen molar-refractivity contribution in [3.8, 4) is 0 Å². The van der Waals surface area contributed by atoms with Gasteiger partial charge in [-0.25, -0.2) is 0 Å². The Kier molecular flexibility index (Phi) is 12.0. The fourth-order valence-electron chi connectivity index (χ4n) is 2.05. The predicted octanol–water partition coefficient (Wildman–Crippen LogP) is 1.82. The molecule has 0 aromatic heterocycles. The highest BCUT2D eigenvalue weighted by Crippen LogP contribution is 2.00. The molecular weight excluding hydrogens is 264 g/mol. The first-order valence-electron chi connectivity index (χ1n) is 7.84. The van der Waals surface area contributed by atoms with E-state index in [1.54, 1.807) is 0 Å². The second kappa shape index (κ2) is 12.7. The van der Waals surface area contributed by atoms with Crippen LogP contribution in [0.2, 0.25) is 0 Å². The molecule has 124 valence electrons. The number of hydrogen-bond donors (Lipinski definition) is 1. The van der Waals surface area contributed by atoms with Gasteiger partial charge < -0.3 is 19.9 Å². The molecule has 0 rings (SSSR count). The summed E-state index contributed by atoms with van der Waals surface area (Å²) in [5, 5.41) is 3.41. The molecule has 0 saturated heterocycles. The highest BCUT2D eigenvalue weighted by atomic mass is 16.5.